The maximum Gasteiger partial charge on any atom is 0.161 e. The summed E-state index contributed by atoms with van der Waals surface area (Å²) >= 11 is 12.1. The molecule has 2 atom stereocenters. The average molecular weight is 289 g/mol. The van der Waals surface area contributed by atoms with Crippen molar-refractivity contribution in [3.8, 4) is 0 Å². The molecule has 0 radical (unpaired) electrons. The highest BCUT2D eigenvalue weighted by atomic mass is 35.5. The SMILES string of the molecule is CC1CCCCC1Nc1nc(NN)c(Cl)cc1Cl. The molecular weight excluding hydrogens is 271 g/mol. The Morgan fingerprint density at radius 1 is 1.22 bits per heavy atom. The quantitative estimate of drug-likeness (QED) is 0.587. The molecule has 4 nitrogen and oxygen atoms in total. The molecule has 0 aliphatic heterocycles. The Balaban J connectivity index is 2.17. The Morgan fingerprint density at radius 2 is 1.89 bits per heavy atom. The topological polar surface area (TPSA) is 63.0 Å². The lowest BCUT2D eigenvalue weighted by Gasteiger charge is -2.30. The van der Waals surface area contributed by atoms with E-state index in [-0.39, 0.29) is 0 Å². The Kier molecular flexibility index (Phi) is 4.54. The Labute approximate surface area is 117 Å². The van der Waals surface area contributed by atoms with Crippen LogP contribution in [0.3, 0.4) is 0 Å². The van der Waals surface area contributed by atoms with Crippen molar-refractivity contribution in [2.45, 2.75) is 38.6 Å². The number of anilines is 2. The summed E-state index contributed by atoms with van der Waals surface area (Å²) in [5.74, 6) is 7.07. The molecule has 100 valence electrons. The van der Waals surface area contributed by atoms with Crippen molar-refractivity contribution >= 4 is 34.8 Å². The molecule has 2 rings (SSSR count). The zero-order valence-electron chi connectivity index (χ0n) is 10.3. The molecule has 1 aliphatic carbocycles. The summed E-state index contributed by atoms with van der Waals surface area (Å²) in [5, 5.41) is 4.35. The zero-order valence-corrected chi connectivity index (χ0v) is 11.9. The predicted molar refractivity (Wildman–Crippen MR) is 77.1 cm³/mol. The van der Waals surface area contributed by atoms with Gasteiger partial charge in [-0.15, -0.1) is 0 Å². The summed E-state index contributed by atoms with van der Waals surface area (Å²) in [6.07, 6.45) is 4.93. The molecule has 1 saturated carbocycles. The van der Waals surface area contributed by atoms with Gasteiger partial charge in [0.25, 0.3) is 0 Å². The summed E-state index contributed by atoms with van der Waals surface area (Å²) in [7, 11) is 0. The second-order valence-electron chi connectivity index (χ2n) is 4.81. The van der Waals surface area contributed by atoms with Crippen molar-refractivity contribution in [2.24, 2.45) is 11.8 Å². The number of rotatable bonds is 3. The highest BCUT2D eigenvalue weighted by molar-refractivity contribution is 6.37. The fourth-order valence-corrected chi connectivity index (χ4v) is 2.84. The first kappa shape index (κ1) is 13.7. The predicted octanol–water partition coefficient (Wildman–Crippen LogP) is 3.66. The van der Waals surface area contributed by atoms with E-state index >= 15 is 0 Å². The summed E-state index contributed by atoms with van der Waals surface area (Å²) in [6.45, 7) is 2.25. The number of hydrogen-bond acceptors (Lipinski definition) is 4. The van der Waals surface area contributed by atoms with Crippen LogP contribution in [0.1, 0.15) is 32.6 Å². The zero-order chi connectivity index (χ0) is 13.1. The number of nitrogens with one attached hydrogen (secondary N) is 2. The molecule has 1 aliphatic rings. The van der Waals surface area contributed by atoms with Gasteiger partial charge in [0, 0.05) is 6.04 Å². The normalized spacial score (nSPS) is 23.8. The van der Waals surface area contributed by atoms with Gasteiger partial charge >= 0.3 is 0 Å². The maximum absolute atomic E-state index is 6.15. The summed E-state index contributed by atoms with van der Waals surface area (Å²) < 4.78 is 0. The molecule has 4 N–H and O–H groups in total. The first-order chi connectivity index (χ1) is 8.61. The number of aromatic nitrogens is 1. The van der Waals surface area contributed by atoms with E-state index in [1.807, 2.05) is 0 Å². The van der Waals surface area contributed by atoms with Gasteiger partial charge in [0.05, 0.1) is 10.0 Å². The van der Waals surface area contributed by atoms with Gasteiger partial charge in [0.2, 0.25) is 0 Å². The molecule has 0 spiro atoms. The number of halogens is 2. The van der Waals surface area contributed by atoms with Crippen LogP contribution in [0.25, 0.3) is 0 Å². The number of nitrogen functional groups attached to an aromatic ring is 1. The fourth-order valence-electron chi connectivity index (χ4n) is 2.38. The van der Waals surface area contributed by atoms with Crippen LogP contribution in [0.2, 0.25) is 10.0 Å². The Morgan fingerprint density at radius 3 is 2.56 bits per heavy atom. The maximum atomic E-state index is 6.15. The van der Waals surface area contributed by atoms with Crippen LogP contribution in [-0.2, 0) is 0 Å². The minimum Gasteiger partial charge on any atom is -0.366 e. The van der Waals surface area contributed by atoms with Gasteiger partial charge in [0.15, 0.2) is 5.82 Å². The van der Waals surface area contributed by atoms with Gasteiger partial charge in [-0.25, -0.2) is 10.8 Å². The molecule has 1 aromatic rings. The van der Waals surface area contributed by atoms with Gasteiger partial charge in [-0.05, 0) is 24.8 Å². The van der Waals surface area contributed by atoms with E-state index in [0.29, 0.717) is 33.6 Å². The van der Waals surface area contributed by atoms with Gasteiger partial charge in [-0.2, -0.15) is 0 Å². The second-order valence-corrected chi connectivity index (χ2v) is 5.62. The minimum absolute atomic E-state index is 0.413. The first-order valence-corrected chi connectivity index (χ1v) is 6.96. The smallest absolute Gasteiger partial charge is 0.161 e. The van der Waals surface area contributed by atoms with E-state index in [4.69, 9.17) is 29.0 Å². The molecule has 18 heavy (non-hydrogen) atoms. The van der Waals surface area contributed by atoms with E-state index in [1.54, 1.807) is 6.07 Å². The van der Waals surface area contributed by atoms with Crippen LogP contribution < -0.4 is 16.6 Å². The van der Waals surface area contributed by atoms with Crippen LogP contribution >= 0.6 is 23.2 Å². The van der Waals surface area contributed by atoms with E-state index in [2.05, 4.69) is 22.7 Å². The van der Waals surface area contributed by atoms with Crippen LogP contribution in [0.5, 0.6) is 0 Å². The van der Waals surface area contributed by atoms with Gasteiger partial charge in [-0.1, -0.05) is 43.0 Å². The largest absolute Gasteiger partial charge is 0.366 e. The van der Waals surface area contributed by atoms with Crippen molar-refractivity contribution in [2.75, 3.05) is 10.7 Å². The van der Waals surface area contributed by atoms with Gasteiger partial charge < -0.3 is 10.7 Å². The van der Waals surface area contributed by atoms with E-state index in [0.717, 1.165) is 6.42 Å². The highest BCUT2D eigenvalue weighted by Crippen LogP contribution is 2.32. The first-order valence-electron chi connectivity index (χ1n) is 6.21. The number of hydrazine groups is 1. The third-order valence-electron chi connectivity index (χ3n) is 3.50. The van der Waals surface area contributed by atoms with Crippen molar-refractivity contribution in [3.05, 3.63) is 16.1 Å². The molecule has 1 heterocycles. The van der Waals surface area contributed by atoms with Crippen LogP contribution in [0, 0.1) is 5.92 Å². The number of nitrogens with two attached hydrogens (primary N) is 1. The molecule has 1 fully saturated rings. The monoisotopic (exact) mass is 288 g/mol. The third kappa shape index (κ3) is 2.99. The molecule has 1 aromatic heterocycles. The standard InChI is InChI=1S/C12H18Cl2N4/c1-7-4-2-3-5-10(7)16-11-8(13)6-9(14)12(17-11)18-15/h6-7,10H,2-5,15H2,1H3,(H2,16,17,18). The molecular formula is C12H18Cl2N4. The van der Waals surface area contributed by atoms with E-state index in [1.165, 1.54) is 19.3 Å². The van der Waals surface area contributed by atoms with Crippen molar-refractivity contribution in [1.82, 2.24) is 4.98 Å². The van der Waals surface area contributed by atoms with Gasteiger partial charge in [-0.3, -0.25) is 0 Å². The third-order valence-corrected chi connectivity index (χ3v) is 4.08. The summed E-state index contributed by atoms with van der Waals surface area (Å²) in [6, 6.07) is 2.07. The number of hydrogen-bond donors (Lipinski definition) is 3. The summed E-state index contributed by atoms with van der Waals surface area (Å²) in [5.41, 5.74) is 2.47. The number of nitrogens with zero attached hydrogens (tertiary/aromatic N) is 1. The minimum atomic E-state index is 0.413. The number of pyridine rings is 1. The highest BCUT2D eigenvalue weighted by Gasteiger charge is 2.22. The Bertz CT molecular complexity index is 425. The Hall–Kier alpha value is -0.710. The summed E-state index contributed by atoms with van der Waals surface area (Å²) in [4.78, 5) is 4.31. The molecule has 2 unspecified atom stereocenters. The van der Waals surface area contributed by atoms with Crippen LogP contribution in [0.15, 0.2) is 6.07 Å². The van der Waals surface area contributed by atoms with Crippen molar-refractivity contribution in [3.63, 3.8) is 0 Å². The van der Waals surface area contributed by atoms with Crippen molar-refractivity contribution in [1.29, 1.82) is 0 Å². The molecule has 6 heteroatoms. The fraction of sp³-hybridized carbons (Fsp3) is 0.583. The molecule has 0 saturated heterocycles. The lowest BCUT2D eigenvalue weighted by Crippen LogP contribution is -2.31. The van der Waals surface area contributed by atoms with Crippen LogP contribution in [-0.4, -0.2) is 11.0 Å². The lowest BCUT2D eigenvalue weighted by molar-refractivity contribution is 0.349. The molecule has 0 bridgehead atoms. The lowest BCUT2D eigenvalue weighted by atomic mass is 9.86. The average Bonchev–Trinajstić information content (AvgIpc) is 2.35. The van der Waals surface area contributed by atoms with E-state index < -0.39 is 0 Å². The molecule has 0 aromatic carbocycles. The van der Waals surface area contributed by atoms with Gasteiger partial charge in [0.1, 0.15) is 5.82 Å². The van der Waals surface area contributed by atoms with Crippen molar-refractivity contribution < 1.29 is 0 Å². The van der Waals surface area contributed by atoms with Crippen LogP contribution in [0.4, 0.5) is 11.6 Å². The molecule has 0 amide bonds. The van der Waals surface area contributed by atoms with E-state index in [9.17, 15) is 0 Å². The second kappa shape index (κ2) is 5.95.